The van der Waals surface area contributed by atoms with Gasteiger partial charge in [-0.2, -0.15) is 0 Å². The van der Waals surface area contributed by atoms with Gasteiger partial charge in [-0.1, -0.05) is 76.9 Å². The molecule has 0 radical (unpaired) electrons. The molecule has 1 aromatic carbocycles. The smallest absolute Gasteiger partial charge is 0.159 e. The summed E-state index contributed by atoms with van der Waals surface area (Å²) in [5.41, 5.74) is 3.77. The molecule has 12 atom stereocenters. The highest BCUT2D eigenvalue weighted by molar-refractivity contribution is 5.95. The van der Waals surface area contributed by atoms with Crippen molar-refractivity contribution in [2.45, 2.75) is 160 Å². The van der Waals surface area contributed by atoms with Crippen molar-refractivity contribution in [3.63, 3.8) is 0 Å². The molecule has 0 bridgehead atoms. The van der Waals surface area contributed by atoms with Crippen LogP contribution in [0.15, 0.2) is 65.5 Å². The quantitative estimate of drug-likeness (QED) is 0.145. The summed E-state index contributed by atoms with van der Waals surface area (Å²) in [5, 5.41) is 52.8. The van der Waals surface area contributed by atoms with Crippen molar-refractivity contribution in [3.8, 4) is 0 Å². The topological polar surface area (TPSA) is 149 Å². The van der Waals surface area contributed by atoms with Gasteiger partial charge in [0.05, 0.1) is 28.7 Å². The Morgan fingerprint density at radius 1 is 0.964 bits per heavy atom. The Morgan fingerprint density at radius 2 is 1.67 bits per heavy atom. The van der Waals surface area contributed by atoms with Crippen LogP contribution in [0.2, 0.25) is 0 Å². The highest BCUT2D eigenvalue weighted by Crippen LogP contribution is 2.75. The molecule has 2 heterocycles. The first-order valence-corrected chi connectivity index (χ1v) is 21.5. The molecule has 5 aliphatic carbocycles. The van der Waals surface area contributed by atoms with Crippen LogP contribution in [0.3, 0.4) is 0 Å². The second-order valence-electron chi connectivity index (χ2n) is 20.7. The molecule has 8 heteroatoms. The number of carbonyl (C=O) groups is 1. The normalized spacial score (nSPS) is 41.5. The minimum Gasteiger partial charge on any atom is -0.393 e. The largest absolute Gasteiger partial charge is 0.393 e. The van der Waals surface area contributed by atoms with Crippen LogP contribution in [0.1, 0.15) is 124 Å². The number of nitrogens with two attached hydrogens (primary N) is 1. The maximum Gasteiger partial charge on any atom is 0.159 e. The average molecular weight is 757 g/mol. The van der Waals surface area contributed by atoms with Crippen LogP contribution >= 0.6 is 0 Å². The molecule has 7 aliphatic rings. The minimum absolute atomic E-state index is 0.0120. The number of fused-ring (bicyclic) bond motifs is 6. The number of aryl methyl sites for hydroxylation is 1. The number of benzene rings is 1. The highest BCUT2D eigenvalue weighted by atomic mass is 16.6. The van der Waals surface area contributed by atoms with Gasteiger partial charge in [-0.15, -0.1) is 0 Å². The van der Waals surface area contributed by atoms with E-state index < -0.39 is 45.9 Å². The zero-order valence-corrected chi connectivity index (χ0v) is 34.2. The number of allylic oxidation sites excluding steroid dienone is 3. The molecule has 302 valence electrons. The fourth-order valence-electron chi connectivity index (χ4n) is 14.1. The Kier molecular flexibility index (Phi) is 9.49. The van der Waals surface area contributed by atoms with Crippen LogP contribution < -0.4 is 11.1 Å². The molecule has 0 aromatic heterocycles. The first-order valence-electron chi connectivity index (χ1n) is 21.5. The molecule has 55 heavy (non-hydrogen) atoms. The maximum absolute atomic E-state index is 14.5. The molecular formula is C47H68N2O6. The molecule has 1 saturated heterocycles. The molecule has 1 spiro atoms. The predicted octanol–water partition coefficient (Wildman–Crippen LogP) is 6.65. The molecular weight excluding hydrogens is 689 g/mol. The molecule has 8 rings (SSSR count). The molecule has 0 amide bonds. The third-order valence-electron chi connectivity index (χ3n) is 17.7. The van der Waals surface area contributed by atoms with E-state index in [-0.39, 0.29) is 40.3 Å². The Balaban J connectivity index is 1.12. The Bertz CT molecular complexity index is 1760. The van der Waals surface area contributed by atoms with Crippen molar-refractivity contribution < 1.29 is 30.0 Å². The molecule has 4 saturated carbocycles. The fraction of sp³-hybridized carbons (Fsp3) is 0.723. The van der Waals surface area contributed by atoms with Gasteiger partial charge in [0.15, 0.2) is 5.78 Å². The number of hydrogen-bond donors (Lipinski definition) is 6. The Hall–Kier alpha value is -2.49. The number of carbonyl (C=O) groups excluding carboxylic acids is 1. The number of ether oxygens (including phenoxy) is 1. The SMILES string of the molecule is CC(O)(C1OC1C(C)(O)C(C)(C)CCC1=CCNC(N)=C1)C1CCC2(O)C3=CC(=O)C4CC(O)CC5(CCCC5)C4(C)C3C(CCc3ccccc3)CC12C. The van der Waals surface area contributed by atoms with Gasteiger partial charge in [0.2, 0.25) is 0 Å². The number of nitrogens with one attached hydrogen (secondary N) is 1. The van der Waals surface area contributed by atoms with Crippen molar-refractivity contribution >= 4 is 5.78 Å². The van der Waals surface area contributed by atoms with E-state index in [9.17, 15) is 25.2 Å². The first-order chi connectivity index (χ1) is 25.8. The summed E-state index contributed by atoms with van der Waals surface area (Å²) in [4.78, 5) is 14.5. The van der Waals surface area contributed by atoms with Gasteiger partial charge in [-0.25, -0.2) is 0 Å². The number of aliphatic hydroxyl groups excluding tert-OH is 1. The number of aliphatic hydroxyl groups is 4. The number of ketones is 1. The van der Waals surface area contributed by atoms with Gasteiger partial charge in [-0.3, -0.25) is 4.79 Å². The van der Waals surface area contributed by atoms with Crippen LogP contribution in [0.25, 0.3) is 0 Å². The lowest BCUT2D eigenvalue weighted by Crippen LogP contribution is -2.67. The van der Waals surface area contributed by atoms with Crippen LogP contribution in [-0.4, -0.2) is 67.9 Å². The second-order valence-corrected chi connectivity index (χ2v) is 20.7. The van der Waals surface area contributed by atoms with E-state index in [0.29, 0.717) is 31.6 Å². The highest BCUT2D eigenvalue weighted by Gasteiger charge is 2.75. The van der Waals surface area contributed by atoms with E-state index in [1.165, 1.54) is 5.56 Å². The van der Waals surface area contributed by atoms with Crippen LogP contribution in [0, 0.1) is 45.3 Å². The fourth-order valence-corrected chi connectivity index (χ4v) is 14.1. The summed E-state index contributed by atoms with van der Waals surface area (Å²) in [6.45, 7) is 13.1. The average Bonchev–Trinajstić information content (AvgIpc) is 3.75. The standard InChI is InChI=1S/C47H68N2O6/c1-41(2,21-16-30-18-23-49-37(48)24-30)45(6,53)40-39(55-40)44(5,52)36-17-22-47(54)34-26-35(51)33-25-32(50)28-46(19-10-11-20-46)43(33,4)38(34)31(27-42(36,47)3)15-14-29-12-8-7-9-13-29/h7-9,12-13,18,24,26,31-33,36,38-40,49-50,52-54H,10-11,14-17,19-23,25,27-28,48H2,1-6H3. The second kappa shape index (κ2) is 13.3. The zero-order chi connectivity index (χ0) is 39.4. The molecule has 2 aliphatic heterocycles. The Labute approximate surface area is 329 Å². The lowest BCUT2D eigenvalue weighted by molar-refractivity contribution is -0.193. The lowest BCUT2D eigenvalue weighted by atomic mass is 9.37. The van der Waals surface area contributed by atoms with E-state index in [0.717, 1.165) is 75.4 Å². The van der Waals surface area contributed by atoms with Gasteiger partial charge in [-0.05, 0) is 147 Å². The van der Waals surface area contributed by atoms with Crippen molar-refractivity contribution in [1.29, 1.82) is 0 Å². The molecule has 8 nitrogen and oxygen atoms in total. The molecule has 12 unspecified atom stereocenters. The number of hydrogen-bond acceptors (Lipinski definition) is 8. The van der Waals surface area contributed by atoms with Crippen molar-refractivity contribution in [2.75, 3.05) is 6.54 Å². The van der Waals surface area contributed by atoms with Crippen molar-refractivity contribution in [3.05, 3.63) is 71.1 Å². The van der Waals surface area contributed by atoms with Crippen LogP contribution in [0.4, 0.5) is 0 Å². The molecule has 1 aromatic rings. The van der Waals surface area contributed by atoms with E-state index in [1.54, 1.807) is 0 Å². The number of dihydropyridines is 1. The summed E-state index contributed by atoms with van der Waals surface area (Å²) >= 11 is 0. The summed E-state index contributed by atoms with van der Waals surface area (Å²) < 4.78 is 6.40. The molecule has 7 N–H and O–H groups in total. The summed E-state index contributed by atoms with van der Waals surface area (Å²) in [5.74, 6) is 0.326. The lowest BCUT2D eigenvalue weighted by Gasteiger charge is -2.67. The third kappa shape index (κ3) is 5.88. The summed E-state index contributed by atoms with van der Waals surface area (Å²) in [7, 11) is 0. The number of epoxide rings is 1. The van der Waals surface area contributed by atoms with Crippen LogP contribution in [-0.2, 0) is 16.0 Å². The monoisotopic (exact) mass is 757 g/mol. The maximum atomic E-state index is 14.5. The minimum atomic E-state index is -1.33. The van der Waals surface area contributed by atoms with Gasteiger partial charge in [0, 0.05) is 17.9 Å². The van der Waals surface area contributed by atoms with Crippen molar-refractivity contribution in [2.24, 2.45) is 51.1 Å². The first kappa shape index (κ1) is 39.3. The number of rotatable bonds is 10. The van der Waals surface area contributed by atoms with Crippen molar-refractivity contribution in [1.82, 2.24) is 5.32 Å². The van der Waals surface area contributed by atoms with Gasteiger partial charge in [0.1, 0.15) is 12.2 Å². The van der Waals surface area contributed by atoms with E-state index in [2.05, 4.69) is 69.4 Å². The van der Waals surface area contributed by atoms with E-state index in [4.69, 9.17) is 10.5 Å². The van der Waals surface area contributed by atoms with E-state index >= 15 is 0 Å². The van der Waals surface area contributed by atoms with E-state index in [1.807, 2.05) is 26.0 Å². The molecule has 5 fully saturated rings. The summed E-state index contributed by atoms with van der Waals surface area (Å²) in [6, 6.07) is 10.6. The third-order valence-corrected chi connectivity index (χ3v) is 17.7. The Morgan fingerprint density at radius 3 is 2.36 bits per heavy atom. The predicted molar refractivity (Wildman–Crippen MR) is 214 cm³/mol. The summed E-state index contributed by atoms with van der Waals surface area (Å²) in [6.07, 6.45) is 14.9. The van der Waals surface area contributed by atoms with Gasteiger partial charge in [0.25, 0.3) is 0 Å². The van der Waals surface area contributed by atoms with Gasteiger partial charge >= 0.3 is 0 Å². The van der Waals surface area contributed by atoms with Gasteiger partial charge < -0.3 is 36.2 Å². The zero-order valence-electron chi connectivity index (χ0n) is 34.2. The van der Waals surface area contributed by atoms with Crippen LogP contribution in [0.5, 0.6) is 0 Å².